The quantitative estimate of drug-likeness (QED) is 0.674. The second-order valence-electron chi connectivity index (χ2n) is 7.41. The van der Waals surface area contributed by atoms with Gasteiger partial charge in [-0.05, 0) is 83.3 Å². The Bertz CT molecular complexity index is 819. The molecule has 0 heterocycles. The molecular formula is C24H28O6. The monoisotopic (exact) mass is 412 g/mol. The van der Waals surface area contributed by atoms with Crippen LogP contribution in [0.25, 0.3) is 0 Å². The smallest absolute Gasteiger partial charge is 0.302 e. The second kappa shape index (κ2) is 9.65. The molecule has 0 atom stereocenters. The van der Waals surface area contributed by atoms with Crippen LogP contribution in [0.1, 0.15) is 47.2 Å². The lowest BCUT2D eigenvalue weighted by Crippen LogP contribution is -2.13. The SMILES string of the molecule is COc1cc2c(COC(C)=O)c(c1)CCc1cc(OC)cc(c1COC(C)=O)CC2. The molecule has 30 heavy (non-hydrogen) atoms. The maximum atomic E-state index is 11.4. The molecule has 2 aromatic carbocycles. The van der Waals surface area contributed by atoms with Gasteiger partial charge in [0.1, 0.15) is 24.7 Å². The Balaban J connectivity index is 2.04. The predicted molar refractivity (Wildman–Crippen MR) is 112 cm³/mol. The van der Waals surface area contributed by atoms with Gasteiger partial charge in [-0.1, -0.05) is 0 Å². The van der Waals surface area contributed by atoms with E-state index in [0.717, 1.165) is 70.6 Å². The van der Waals surface area contributed by atoms with Gasteiger partial charge in [0, 0.05) is 13.8 Å². The molecule has 0 saturated heterocycles. The van der Waals surface area contributed by atoms with Crippen molar-refractivity contribution >= 4 is 11.9 Å². The summed E-state index contributed by atoms with van der Waals surface area (Å²) in [7, 11) is 3.32. The Morgan fingerprint density at radius 1 is 0.667 bits per heavy atom. The summed E-state index contributed by atoms with van der Waals surface area (Å²) in [5, 5.41) is 0. The van der Waals surface area contributed by atoms with Gasteiger partial charge in [-0.3, -0.25) is 9.59 Å². The zero-order valence-corrected chi connectivity index (χ0v) is 18.0. The van der Waals surface area contributed by atoms with Gasteiger partial charge >= 0.3 is 11.9 Å². The average molecular weight is 412 g/mol. The highest BCUT2D eigenvalue weighted by Crippen LogP contribution is 2.32. The van der Waals surface area contributed by atoms with Gasteiger partial charge in [-0.2, -0.15) is 0 Å². The molecule has 6 nitrogen and oxygen atoms in total. The van der Waals surface area contributed by atoms with Crippen LogP contribution in [0.5, 0.6) is 11.5 Å². The lowest BCUT2D eigenvalue weighted by Gasteiger charge is -2.22. The van der Waals surface area contributed by atoms with Crippen LogP contribution in [0.3, 0.4) is 0 Å². The minimum absolute atomic E-state index is 0.252. The molecule has 3 rings (SSSR count). The molecule has 0 aromatic heterocycles. The van der Waals surface area contributed by atoms with E-state index in [1.807, 2.05) is 24.3 Å². The van der Waals surface area contributed by atoms with Crippen LogP contribution in [0.15, 0.2) is 24.3 Å². The third-order valence-electron chi connectivity index (χ3n) is 5.45. The average Bonchev–Trinajstić information content (AvgIpc) is 2.72. The molecule has 4 bridgehead atoms. The van der Waals surface area contributed by atoms with Gasteiger partial charge in [0.15, 0.2) is 0 Å². The molecule has 0 aliphatic heterocycles. The van der Waals surface area contributed by atoms with E-state index < -0.39 is 0 Å². The first-order chi connectivity index (χ1) is 14.4. The van der Waals surface area contributed by atoms with Gasteiger partial charge in [0.05, 0.1) is 14.2 Å². The topological polar surface area (TPSA) is 71.1 Å². The Labute approximate surface area is 177 Å². The Kier molecular flexibility index (Phi) is 6.98. The molecule has 1 aliphatic carbocycles. The summed E-state index contributed by atoms with van der Waals surface area (Å²) in [4.78, 5) is 22.8. The van der Waals surface area contributed by atoms with E-state index in [0.29, 0.717) is 0 Å². The first-order valence-electron chi connectivity index (χ1n) is 10.0. The van der Waals surface area contributed by atoms with Crippen LogP contribution in [0.2, 0.25) is 0 Å². The number of rotatable bonds is 6. The highest BCUT2D eigenvalue weighted by Gasteiger charge is 2.19. The van der Waals surface area contributed by atoms with Crippen molar-refractivity contribution in [1.82, 2.24) is 0 Å². The number of aryl methyl sites for hydroxylation is 4. The first kappa shape index (κ1) is 21.7. The van der Waals surface area contributed by atoms with Crippen LogP contribution < -0.4 is 9.47 Å². The van der Waals surface area contributed by atoms with E-state index in [1.165, 1.54) is 13.8 Å². The molecule has 2 aromatic rings. The second-order valence-corrected chi connectivity index (χ2v) is 7.41. The van der Waals surface area contributed by atoms with Crippen molar-refractivity contribution in [2.24, 2.45) is 0 Å². The maximum absolute atomic E-state index is 11.4. The van der Waals surface area contributed by atoms with Gasteiger partial charge in [-0.15, -0.1) is 0 Å². The number of hydrogen-bond acceptors (Lipinski definition) is 6. The zero-order valence-electron chi connectivity index (χ0n) is 18.0. The molecule has 0 radical (unpaired) electrons. The van der Waals surface area contributed by atoms with E-state index in [9.17, 15) is 9.59 Å². The number of ether oxygens (including phenoxy) is 4. The van der Waals surface area contributed by atoms with Crippen molar-refractivity contribution in [2.75, 3.05) is 14.2 Å². The third kappa shape index (κ3) is 5.12. The van der Waals surface area contributed by atoms with E-state index in [2.05, 4.69) is 0 Å². The van der Waals surface area contributed by atoms with Crippen molar-refractivity contribution in [3.8, 4) is 11.5 Å². The normalized spacial score (nSPS) is 12.7. The van der Waals surface area contributed by atoms with E-state index in [1.54, 1.807) is 14.2 Å². The lowest BCUT2D eigenvalue weighted by atomic mass is 9.87. The van der Waals surface area contributed by atoms with Crippen LogP contribution >= 0.6 is 0 Å². The van der Waals surface area contributed by atoms with Crippen molar-refractivity contribution in [3.05, 3.63) is 57.6 Å². The van der Waals surface area contributed by atoms with Gasteiger partial charge < -0.3 is 18.9 Å². The Morgan fingerprint density at radius 2 is 0.967 bits per heavy atom. The summed E-state index contributed by atoms with van der Waals surface area (Å²) >= 11 is 0. The fraction of sp³-hybridized carbons (Fsp3) is 0.417. The summed E-state index contributed by atoms with van der Waals surface area (Å²) < 4.78 is 21.7. The lowest BCUT2D eigenvalue weighted by molar-refractivity contribution is -0.143. The number of benzene rings is 2. The van der Waals surface area contributed by atoms with Crippen LogP contribution in [0.4, 0.5) is 0 Å². The fourth-order valence-electron chi connectivity index (χ4n) is 3.92. The van der Waals surface area contributed by atoms with Crippen molar-refractivity contribution < 1.29 is 28.5 Å². The zero-order chi connectivity index (χ0) is 21.7. The maximum Gasteiger partial charge on any atom is 0.302 e. The molecule has 0 fully saturated rings. The third-order valence-corrected chi connectivity index (χ3v) is 5.45. The van der Waals surface area contributed by atoms with Crippen LogP contribution in [-0.4, -0.2) is 26.2 Å². The van der Waals surface area contributed by atoms with Crippen LogP contribution in [-0.2, 0) is 58.0 Å². The van der Waals surface area contributed by atoms with Gasteiger partial charge in [0.2, 0.25) is 0 Å². The summed E-state index contributed by atoms with van der Waals surface area (Å²) in [6.07, 6.45) is 2.95. The number of carbonyl (C=O) groups is 2. The molecule has 1 aliphatic rings. The molecule has 0 N–H and O–H groups in total. The molecule has 160 valence electrons. The van der Waals surface area contributed by atoms with Gasteiger partial charge in [-0.25, -0.2) is 0 Å². The summed E-state index contributed by atoms with van der Waals surface area (Å²) in [6, 6.07) is 8.04. The van der Waals surface area contributed by atoms with E-state index in [4.69, 9.17) is 18.9 Å². The summed E-state index contributed by atoms with van der Waals surface area (Å²) in [5.41, 5.74) is 6.46. The molecule has 0 amide bonds. The molecule has 0 unspecified atom stereocenters. The van der Waals surface area contributed by atoms with E-state index in [-0.39, 0.29) is 25.2 Å². The van der Waals surface area contributed by atoms with Gasteiger partial charge in [0.25, 0.3) is 0 Å². The first-order valence-corrected chi connectivity index (χ1v) is 10.0. The number of hydrogen-bond donors (Lipinski definition) is 0. The molecular weight excluding hydrogens is 384 g/mol. The van der Waals surface area contributed by atoms with Crippen molar-refractivity contribution in [1.29, 1.82) is 0 Å². The minimum atomic E-state index is -0.298. The van der Waals surface area contributed by atoms with Crippen molar-refractivity contribution in [2.45, 2.75) is 52.7 Å². The highest BCUT2D eigenvalue weighted by molar-refractivity contribution is 5.66. The fourth-order valence-corrected chi connectivity index (χ4v) is 3.92. The predicted octanol–water partition coefficient (Wildman–Crippen LogP) is 3.71. The van der Waals surface area contributed by atoms with Crippen LogP contribution in [0, 0.1) is 0 Å². The largest absolute Gasteiger partial charge is 0.497 e. The molecule has 6 heteroatoms. The number of carbonyl (C=O) groups excluding carboxylic acids is 2. The Morgan fingerprint density at radius 3 is 1.20 bits per heavy atom. The molecule has 0 spiro atoms. The van der Waals surface area contributed by atoms with E-state index >= 15 is 0 Å². The summed E-state index contributed by atoms with van der Waals surface area (Å²) in [6.45, 7) is 3.35. The standard InChI is InChI=1S/C24H28O6/c1-15(25)29-13-23-17-5-7-19-11-22(28-4)12-20(24(19)14-30-16(2)26)8-6-18(23)10-21(9-17)27-3/h9-12H,5-8,13-14H2,1-4H3. The van der Waals surface area contributed by atoms with Crippen molar-refractivity contribution in [3.63, 3.8) is 0 Å². The Hall–Kier alpha value is -3.02. The number of methoxy groups -OCH3 is 2. The minimum Gasteiger partial charge on any atom is -0.497 e. The number of fused-ring (bicyclic) bond motifs is 4. The molecule has 0 saturated carbocycles. The summed E-state index contributed by atoms with van der Waals surface area (Å²) in [5.74, 6) is 1.00. The number of esters is 2. The highest BCUT2D eigenvalue weighted by atomic mass is 16.5.